The number of nitrogens with two attached hydrogens (primary N) is 1. The molecular formula is C10H11F3N2O2. The third-order valence-corrected chi connectivity index (χ3v) is 2.15. The van der Waals surface area contributed by atoms with Crippen molar-refractivity contribution in [3.8, 4) is 0 Å². The van der Waals surface area contributed by atoms with Crippen LogP contribution < -0.4 is 5.73 Å². The highest BCUT2D eigenvalue weighted by Crippen LogP contribution is 2.29. The fourth-order valence-electron chi connectivity index (χ4n) is 1.21. The molecule has 0 aromatic heterocycles. The molecule has 0 spiro atoms. The van der Waals surface area contributed by atoms with Crippen molar-refractivity contribution in [2.75, 3.05) is 6.54 Å². The number of carbonyl (C=O) groups excluding carboxylic acids is 1. The minimum Gasteiger partial charge on any atom is -0.350 e. The number of urea groups is 1. The summed E-state index contributed by atoms with van der Waals surface area (Å²) in [7, 11) is 0. The van der Waals surface area contributed by atoms with Crippen LogP contribution in [-0.2, 0) is 12.6 Å². The van der Waals surface area contributed by atoms with Crippen LogP contribution in [0.1, 0.15) is 11.1 Å². The van der Waals surface area contributed by atoms with E-state index in [0.717, 1.165) is 12.1 Å². The Labute approximate surface area is 95.4 Å². The molecule has 0 aliphatic carbocycles. The van der Waals surface area contributed by atoms with E-state index in [4.69, 9.17) is 10.9 Å². The molecule has 17 heavy (non-hydrogen) atoms. The van der Waals surface area contributed by atoms with Gasteiger partial charge in [-0.3, -0.25) is 5.21 Å². The number of hydroxylamine groups is 2. The second-order valence-corrected chi connectivity index (χ2v) is 3.41. The van der Waals surface area contributed by atoms with Crippen LogP contribution in [0.5, 0.6) is 0 Å². The van der Waals surface area contributed by atoms with Crippen molar-refractivity contribution >= 4 is 6.03 Å². The molecule has 0 bridgehead atoms. The van der Waals surface area contributed by atoms with Gasteiger partial charge in [-0.15, -0.1) is 0 Å². The fourth-order valence-corrected chi connectivity index (χ4v) is 1.21. The van der Waals surface area contributed by atoms with Crippen molar-refractivity contribution in [1.82, 2.24) is 5.06 Å². The molecular weight excluding hydrogens is 237 g/mol. The summed E-state index contributed by atoms with van der Waals surface area (Å²) in [4.78, 5) is 10.5. The molecule has 0 aliphatic rings. The Kier molecular flexibility index (Phi) is 3.95. The quantitative estimate of drug-likeness (QED) is 0.634. The van der Waals surface area contributed by atoms with Crippen molar-refractivity contribution in [1.29, 1.82) is 0 Å². The summed E-state index contributed by atoms with van der Waals surface area (Å²) in [5.41, 5.74) is 4.60. The maximum Gasteiger partial charge on any atom is 0.416 e. The van der Waals surface area contributed by atoms with E-state index in [1.54, 1.807) is 0 Å². The predicted molar refractivity (Wildman–Crippen MR) is 53.2 cm³/mol. The number of nitrogens with zero attached hydrogens (tertiary/aromatic N) is 1. The lowest BCUT2D eigenvalue weighted by Gasteiger charge is -2.12. The number of carbonyl (C=O) groups is 1. The minimum atomic E-state index is -4.37. The average molecular weight is 248 g/mol. The van der Waals surface area contributed by atoms with Crippen molar-refractivity contribution in [3.63, 3.8) is 0 Å². The summed E-state index contributed by atoms with van der Waals surface area (Å²) in [5, 5.41) is 9.25. The van der Waals surface area contributed by atoms with Crippen LogP contribution in [0.4, 0.5) is 18.0 Å². The largest absolute Gasteiger partial charge is 0.416 e. The van der Waals surface area contributed by atoms with Crippen LogP contribution in [0.15, 0.2) is 24.3 Å². The lowest BCUT2D eigenvalue weighted by Crippen LogP contribution is -2.34. The Bertz CT molecular complexity index is 390. The van der Waals surface area contributed by atoms with E-state index < -0.39 is 17.8 Å². The van der Waals surface area contributed by atoms with E-state index in [1.165, 1.54) is 12.1 Å². The van der Waals surface area contributed by atoms with Crippen molar-refractivity contribution in [2.24, 2.45) is 5.73 Å². The van der Waals surface area contributed by atoms with Gasteiger partial charge in [0.1, 0.15) is 0 Å². The molecule has 4 nitrogen and oxygen atoms in total. The van der Waals surface area contributed by atoms with Crippen LogP contribution in [0.25, 0.3) is 0 Å². The van der Waals surface area contributed by atoms with Gasteiger partial charge in [0, 0.05) is 0 Å². The van der Waals surface area contributed by atoms with E-state index in [-0.39, 0.29) is 13.0 Å². The summed E-state index contributed by atoms with van der Waals surface area (Å²) in [6, 6.07) is 3.47. The van der Waals surface area contributed by atoms with Crippen molar-refractivity contribution in [3.05, 3.63) is 35.4 Å². The topological polar surface area (TPSA) is 66.6 Å². The third kappa shape index (κ3) is 3.95. The molecule has 0 aliphatic heterocycles. The van der Waals surface area contributed by atoms with E-state index in [0.29, 0.717) is 10.6 Å². The first-order valence-corrected chi connectivity index (χ1v) is 4.72. The summed E-state index contributed by atoms with van der Waals surface area (Å²) in [6.07, 6.45) is -4.15. The number of hydrogen-bond acceptors (Lipinski definition) is 2. The zero-order valence-electron chi connectivity index (χ0n) is 8.74. The SMILES string of the molecule is NC(=O)N(O)CCc1ccc(C(F)(F)F)cc1. The van der Waals surface area contributed by atoms with Crippen LogP contribution in [0.3, 0.4) is 0 Å². The maximum atomic E-state index is 12.2. The molecule has 1 rings (SSSR count). The standard InChI is InChI=1S/C10H11F3N2O2/c11-10(12,13)8-3-1-7(2-4-8)5-6-15(17)9(14)16/h1-4,17H,5-6H2,(H2,14,16). The van der Waals surface area contributed by atoms with Crippen LogP contribution >= 0.6 is 0 Å². The molecule has 2 amide bonds. The summed E-state index contributed by atoms with van der Waals surface area (Å²) in [5.74, 6) is 0. The van der Waals surface area contributed by atoms with Crippen LogP contribution in [-0.4, -0.2) is 22.8 Å². The molecule has 0 unspecified atom stereocenters. The molecule has 0 atom stereocenters. The first-order chi connectivity index (χ1) is 7.80. The zero-order valence-corrected chi connectivity index (χ0v) is 8.74. The highest BCUT2D eigenvalue weighted by Gasteiger charge is 2.29. The van der Waals surface area contributed by atoms with Gasteiger partial charge in [0.15, 0.2) is 0 Å². The lowest BCUT2D eigenvalue weighted by atomic mass is 10.1. The third-order valence-electron chi connectivity index (χ3n) is 2.15. The summed E-state index contributed by atoms with van der Waals surface area (Å²) >= 11 is 0. The van der Waals surface area contributed by atoms with Gasteiger partial charge in [0.25, 0.3) is 0 Å². The second kappa shape index (κ2) is 5.05. The Morgan fingerprint density at radius 1 is 1.29 bits per heavy atom. The van der Waals surface area contributed by atoms with Gasteiger partial charge >= 0.3 is 12.2 Å². The summed E-state index contributed by atoms with van der Waals surface area (Å²) < 4.78 is 36.7. The molecule has 0 heterocycles. The Hall–Kier alpha value is -1.76. The van der Waals surface area contributed by atoms with Gasteiger partial charge in [0.2, 0.25) is 0 Å². The zero-order chi connectivity index (χ0) is 13.1. The van der Waals surface area contributed by atoms with Gasteiger partial charge in [0.05, 0.1) is 12.1 Å². The number of hydrogen-bond donors (Lipinski definition) is 2. The van der Waals surface area contributed by atoms with Crippen molar-refractivity contribution < 1.29 is 23.2 Å². The highest BCUT2D eigenvalue weighted by molar-refractivity contribution is 5.70. The lowest BCUT2D eigenvalue weighted by molar-refractivity contribution is -0.137. The second-order valence-electron chi connectivity index (χ2n) is 3.41. The number of rotatable bonds is 3. The molecule has 0 fully saturated rings. The first-order valence-electron chi connectivity index (χ1n) is 4.72. The number of primary amides is 1. The monoisotopic (exact) mass is 248 g/mol. The Morgan fingerprint density at radius 3 is 2.24 bits per heavy atom. The van der Waals surface area contributed by atoms with E-state index in [9.17, 15) is 18.0 Å². The Balaban J connectivity index is 2.60. The molecule has 0 saturated carbocycles. The van der Waals surface area contributed by atoms with Crippen molar-refractivity contribution in [2.45, 2.75) is 12.6 Å². The molecule has 1 aromatic carbocycles. The Morgan fingerprint density at radius 2 is 1.82 bits per heavy atom. The van der Waals surface area contributed by atoms with Gasteiger partial charge in [-0.2, -0.15) is 13.2 Å². The number of benzene rings is 1. The molecule has 1 aromatic rings. The van der Waals surface area contributed by atoms with Gasteiger partial charge in [-0.05, 0) is 24.1 Å². The molecule has 0 saturated heterocycles. The molecule has 0 radical (unpaired) electrons. The van der Waals surface area contributed by atoms with Gasteiger partial charge in [-0.25, -0.2) is 9.86 Å². The van der Waals surface area contributed by atoms with Crippen LogP contribution in [0, 0.1) is 0 Å². The summed E-state index contributed by atoms with van der Waals surface area (Å²) in [6.45, 7) is -0.0688. The minimum absolute atomic E-state index is 0.0688. The van der Waals surface area contributed by atoms with Gasteiger partial charge < -0.3 is 5.73 Å². The van der Waals surface area contributed by atoms with E-state index in [1.807, 2.05) is 0 Å². The highest BCUT2D eigenvalue weighted by atomic mass is 19.4. The normalized spacial score (nSPS) is 11.3. The number of halogens is 3. The first kappa shape index (κ1) is 13.3. The molecule has 3 N–H and O–H groups in total. The van der Waals surface area contributed by atoms with Crippen LogP contribution in [0.2, 0.25) is 0 Å². The molecule has 94 valence electrons. The number of amides is 2. The molecule has 7 heteroatoms. The fraction of sp³-hybridized carbons (Fsp3) is 0.300. The van der Waals surface area contributed by atoms with Gasteiger partial charge in [-0.1, -0.05) is 12.1 Å². The average Bonchev–Trinajstić information content (AvgIpc) is 2.25. The van der Waals surface area contributed by atoms with E-state index >= 15 is 0 Å². The number of alkyl halides is 3. The smallest absolute Gasteiger partial charge is 0.350 e. The predicted octanol–water partition coefficient (Wildman–Crippen LogP) is 2.02. The maximum absolute atomic E-state index is 12.2. The van der Waals surface area contributed by atoms with E-state index in [2.05, 4.69) is 0 Å².